The van der Waals surface area contributed by atoms with Crippen molar-refractivity contribution in [3.63, 3.8) is 0 Å². The maximum atomic E-state index is 5.42. The predicted molar refractivity (Wildman–Crippen MR) is 68.1 cm³/mol. The number of hydrogen-bond acceptors (Lipinski definition) is 1. The van der Waals surface area contributed by atoms with Gasteiger partial charge in [0.2, 0.25) is 0 Å². The lowest BCUT2D eigenvalue weighted by molar-refractivity contribution is 0.600. The number of rotatable bonds is 9. The summed E-state index contributed by atoms with van der Waals surface area (Å²) in [5.41, 5.74) is 5.42. The van der Waals surface area contributed by atoms with E-state index in [1.807, 2.05) is 0 Å². The zero-order chi connectivity index (χ0) is 9.78. The molecule has 0 radical (unpaired) electrons. The average Bonchev–Trinajstić information content (AvgIpc) is 2.16. The lowest BCUT2D eigenvalue weighted by atomic mass is 10.1. The molecule has 0 heterocycles. The van der Waals surface area contributed by atoms with Crippen LogP contribution in [0.3, 0.4) is 0 Å². The fourth-order valence-corrected chi connectivity index (χ4v) is 1.40. The molecule has 2 heteroatoms. The summed E-state index contributed by atoms with van der Waals surface area (Å²) in [5, 5.41) is 0. The van der Waals surface area contributed by atoms with Crippen LogP contribution in [-0.2, 0) is 0 Å². The topological polar surface area (TPSA) is 26.0 Å². The third kappa shape index (κ3) is 14.5. The van der Waals surface area contributed by atoms with Gasteiger partial charge in [-0.15, -0.1) is 12.4 Å². The van der Waals surface area contributed by atoms with Crippen LogP contribution in [0.25, 0.3) is 0 Å². The van der Waals surface area contributed by atoms with Gasteiger partial charge in [-0.3, -0.25) is 0 Å². The molecule has 0 aromatic heterocycles. The zero-order valence-electron chi connectivity index (χ0n) is 9.50. The summed E-state index contributed by atoms with van der Waals surface area (Å²) in [6.07, 6.45) is 15.0. The molecule has 0 unspecified atom stereocenters. The molecule has 0 aromatic carbocycles. The smallest absolute Gasteiger partial charge is 0.00773 e. The Morgan fingerprint density at radius 1 is 0.857 bits per heavy atom. The van der Waals surface area contributed by atoms with Crippen molar-refractivity contribution < 1.29 is 0 Å². The molecule has 0 amide bonds. The molecule has 14 heavy (non-hydrogen) atoms. The van der Waals surface area contributed by atoms with Gasteiger partial charge in [0.05, 0.1) is 0 Å². The summed E-state index contributed by atoms with van der Waals surface area (Å²) in [4.78, 5) is 0. The lowest BCUT2D eigenvalue weighted by Gasteiger charge is -1.98. The zero-order valence-corrected chi connectivity index (χ0v) is 10.3. The van der Waals surface area contributed by atoms with Crippen molar-refractivity contribution in [2.75, 3.05) is 6.54 Å². The van der Waals surface area contributed by atoms with Crippen molar-refractivity contribution in [2.24, 2.45) is 5.73 Å². The van der Waals surface area contributed by atoms with Crippen molar-refractivity contribution in [3.8, 4) is 0 Å². The first-order chi connectivity index (χ1) is 6.41. The molecule has 86 valence electrons. The van der Waals surface area contributed by atoms with Crippen LogP contribution in [-0.4, -0.2) is 6.54 Å². The van der Waals surface area contributed by atoms with Gasteiger partial charge >= 0.3 is 0 Å². The third-order valence-corrected chi connectivity index (χ3v) is 2.23. The highest BCUT2D eigenvalue weighted by Gasteiger charge is 1.88. The van der Waals surface area contributed by atoms with Crippen molar-refractivity contribution in [3.05, 3.63) is 12.2 Å². The Bertz CT molecular complexity index is 113. The van der Waals surface area contributed by atoms with Crippen LogP contribution in [0.1, 0.15) is 58.3 Å². The molecule has 0 aliphatic carbocycles. The second kappa shape index (κ2) is 15.5. The fraction of sp³-hybridized carbons (Fsp3) is 0.833. The highest BCUT2D eigenvalue weighted by atomic mass is 35.5. The van der Waals surface area contributed by atoms with Crippen LogP contribution in [0.15, 0.2) is 12.2 Å². The van der Waals surface area contributed by atoms with E-state index in [1.165, 1.54) is 51.4 Å². The Labute approximate surface area is 95.6 Å². The molecule has 0 aromatic rings. The molecule has 0 bridgehead atoms. The van der Waals surface area contributed by atoms with Gasteiger partial charge in [0.25, 0.3) is 0 Å². The first-order valence-electron chi connectivity index (χ1n) is 5.77. The van der Waals surface area contributed by atoms with Gasteiger partial charge in [-0.05, 0) is 32.2 Å². The quantitative estimate of drug-likeness (QED) is 0.459. The molecule has 0 fully saturated rings. The van der Waals surface area contributed by atoms with Crippen LogP contribution >= 0.6 is 12.4 Å². The Kier molecular flexibility index (Phi) is 18.1. The maximum Gasteiger partial charge on any atom is -0.00773 e. The third-order valence-electron chi connectivity index (χ3n) is 2.23. The minimum Gasteiger partial charge on any atom is -0.330 e. The molecule has 0 aliphatic rings. The molecule has 2 N–H and O–H groups in total. The molecule has 1 nitrogen and oxygen atoms in total. The Hall–Kier alpha value is -0.0100. The average molecular weight is 220 g/mol. The molecular formula is C12H26ClN. The summed E-state index contributed by atoms with van der Waals surface area (Å²) in [7, 11) is 0. The van der Waals surface area contributed by atoms with E-state index in [1.54, 1.807) is 0 Å². The summed E-state index contributed by atoms with van der Waals surface area (Å²) in [5.74, 6) is 0. The SMILES string of the molecule is CCC=CCCCCCCCCN.Cl. The minimum absolute atomic E-state index is 0. The van der Waals surface area contributed by atoms with Crippen LogP contribution in [0, 0.1) is 0 Å². The van der Waals surface area contributed by atoms with E-state index in [2.05, 4.69) is 19.1 Å². The molecule has 0 spiro atoms. The van der Waals surface area contributed by atoms with Crippen LogP contribution in [0.2, 0.25) is 0 Å². The van der Waals surface area contributed by atoms with Gasteiger partial charge in [-0.1, -0.05) is 44.8 Å². The van der Waals surface area contributed by atoms with Crippen molar-refractivity contribution in [1.29, 1.82) is 0 Å². The van der Waals surface area contributed by atoms with Crippen molar-refractivity contribution in [2.45, 2.75) is 58.3 Å². The predicted octanol–water partition coefficient (Wildman–Crippen LogP) is 4.06. The van der Waals surface area contributed by atoms with Gasteiger partial charge in [-0.2, -0.15) is 0 Å². The maximum absolute atomic E-state index is 5.42. The summed E-state index contributed by atoms with van der Waals surface area (Å²) in [6, 6.07) is 0. The highest BCUT2D eigenvalue weighted by Crippen LogP contribution is 2.07. The monoisotopic (exact) mass is 219 g/mol. The number of nitrogens with two attached hydrogens (primary N) is 1. The van der Waals surface area contributed by atoms with E-state index in [9.17, 15) is 0 Å². The highest BCUT2D eigenvalue weighted by molar-refractivity contribution is 5.85. The standard InChI is InChI=1S/C12H25N.ClH/c1-2-3-4-5-6-7-8-9-10-11-12-13;/h3-4H,2,5-13H2,1H3;1H. The molecular weight excluding hydrogens is 194 g/mol. The Balaban J connectivity index is 0. The van der Waals surface area contributed by atoms with Gasteiger partial charge in [0.1, 0.15) is 0 Å². The number of allylic oxidation sites excluding steroid dienone is 2. The van der Waals surface area contributed by atoms with E-state index in [4.69, 9.17) is 5.73 Å². The first-order valence-corrected chi connectivity index (χ1v) is 5.77. The Morgan fingerprint density at radius 2 is 1.43 bits per heavy atom. The van der Waals surface area contributed by atoms with E-state index >= 15 is 0 Å². The molecule has 0 atom stereocenters. The molecule has 0 saturated heterocycles. The number of unbranched alkanes of at least 4 members (excludes halogenated alkanes) is 6. The van der Waals surface area contributed by atoms with Gasteiger partial charge < -0.3 is 5.73 Å². The summed E-state index contributed by atoms with van der Waals surface area (Å²) in [6.45, 7) is 3.04. The van der Waals surface area contributed by atoms with Crippen LogP contribution in [0.5, 0.6) is 0 Å². The first kappa shape index (κ1) is 16.4. The normalized spacial score (nSPS) is 10.4. The van der Waals surface area contributed by atoms with E-state index in [0.717, 1.165) is 6.54 Å². The fourth-order valence-electron chi connectivity index (χ4n) is 1.40. The van der Waals surface area contributed by atoms with Crippen LogP contribution in [0.4, 0.5) is 0 Å². The Morgan fingerprint density at radius 3 is 2.00 bits per heavy atom. The number of halogens is 1. The van der Waals surface area contributed by atoms with E-state index in [-0.39, 0.29) is 12.4 Å². The second-order valence-electron chi connectivity index (χ2n) is 3.58. The molecule has 0 aliphatic heterocycles. The summed E-state index contributed by atoms with van der Waals surface area (Å²) >= 11 is 0. The minimum atomic E-state index is 0. The molecule has 0 saturated carbocycles. The van der Waals surface area contributed by atoms with E-state index in [0.29, 0.717) is 0 Å². The van der Waals surface area contributed by atoms with E-state index < -0.39 is 0 Å². The van der Waals surface area contributed by atoms with Gasteiger partial charge in [-0.25, -0.2) is 0 Å². The number of hydrogen-bond donors (Lipinski definition) is 1. The van der Waals surface area contributed by atoms with Crippen molar-refractivity contribution in [1.82, 2.24) is 0 Å². The van der Waals surface area contributed by atoms with Crippen LogP contribution < -0.4 is 5.73 Å². The molecule has 0 rings (SSSR count). The summed E-state index contributed by atoms with van der Waals surface area (Å²) < 4.78 is 0. The van der Waals surface area contributed by atoms with Crippen molar-refractivity contribution >= 4 is 12.4 Å². The van der Waals surface area contributed by atoms with Gasteiger partial charge in [0.15, 0.2) is 0 Å². The van der Waals surface area contributed by atoms with Gasteiger partial charge in [0, 0.05) is 0 Å². The second-order valence-corrected chi connectivity index (χ2v) is 3.58. The lowest BCUT2D eigenvalue weighted by Crippen LogP contribution is -1.97. The largest absolute Gasteiger partial charge is 0.330 e.